The molecule has 0 amide bonds. The van der Waals surface area contributed by atoms with Crippen molar-refractivity contribution in [2.75, 3.05) is 27.2 Å². The summed E-state index contributed by atoms with van der Waals surface area (Å²) in [5.74, 6) is -0.865. The van der Waals surface area contributed by atoms with Crippen molar-refractivity contribution in [2.45, 2.75) is 13.0 Å². The molecule has 0 saturated carbocycles. The Hall–Kier alpha value is -0.810. The van der Waals surface area contributed by atoms with Gasteiger partial charge in [0.1, 0.15) is 0 Å². The summed E-state index contributed by atoms with van der Waals surface area (Å²) < 4.78 is 0. The van der Waals surface area contributed by atoms with Gasteiger partial charge in [0, 0.05) is 6.54 Å². The van der Waals surface area contributed by atoms with Gasteiger partial charge in [-0.05, 0) is 45.2 Å². The standard InChI is InChI=1S/C13H20N2O2.2ClH/c1-15(2)9-5-8-14-10-11-6-3-4-7-12(11)13(16)17;;/h3-4,6-7,14H,5,8-10H2,1-2H3,(H,16,17);2*1H. The first-order chi connectivity index (χ1) is 8.11. The molecule has 0 heterocycles. The Kier molecular flexibility index (Phi) is 11.9. The largest absolute Gasteiger partial charge is 0.478 e. The fourth-order valence-corrected chi connectivity index (χ4v) is 1.63. The van der Waals surface area contributed by atoms with Crippen LogP contribution in [-0.2, 0) is 6.54 Å². The summed E-state index contributed by atoms with van der Waals surface area (Å²) in [6.07, 6.45) is 1.06. The van der Waals surface area contributed by atoms with Crippen LogP contribution in [0.1, 0.15) is 22.3 Å². The normalized spacial score (nSPS) is 9.63. The predicted octanol–water partition coefficient (Wildman–Crippen LogP) is 2.27. The molecule has 0 radical (unpaired) electrons. The van der Waals surface area contributed by atoms with Gasteiger partial charge in [-0.15, -0.1) is 24.8 Å². The van der Waals surface area contributed by atoms with Crippen molar-refractivity contribution in [1.82, 2.24) is 10.2 Å². The van der Waals surface area contributed by atoms with Crippen molar-refractivity contribution in [3.05, 3.63) is 35.4 Å². The van der Waals surface area contributed by atoms with Crippen molar-refractivity contribution < 1.29 is 9.90 Å². The number of benzene rings is 1. The third-order valence-corrected chi connectivity index (χ3v) is 2.52. The maximum absolute atomic E-state index is 11.0. The minimum Gasteiger partial charge on any atom is -0.478 e. The topological polar surface area (TPSA) is 52.6 Å². The molecular formula is C13H22Cl2N2O2. The van der Waals surface area contributed by atoms with Crippen LogP contribution in [0.5, 0.6) is 0 Å². The first-order valence-electron chi connectivity index (χ1n) is 5.78. The fourth-order valence-electron chi connectivity index (χ4n) is 1.63. The third kappa shape index (κ3) is 8.06. The summed E-state index contributed by atoms with van der Waals surface area (Å²) in [6.45, 7) is 2.54. The van der Waals surface area contributed by atoms with E-state index >= 15 is 0 Å². The molecule has 19 heavy (non-hydrogen) atoms. The molecule has 0 fully saturated rings. The van der Waals surface area contributed by atoms with E-state index in [0.717, 1.165) is 25.1 Å². The summed E-state index contributed by atoms with van der Waals surface area (Å²) in [5, 5.41) is 12.3. The number of halogens is 2. The maximum Gasteiger partial charge on any atom is 0.336 e. The lowest BCUT2D eigenvalue weighted by atomic mass is 10.1. The lowest BCUT2D eigenvalue weighted by molar-refractivity contribution is 0.0695. The average Bonchev–Trinajstić information content (AvgIpc) is 2.28. The van der Waals surface area contributed by atoms with E-state index in [-0.39, 0.29) is 24.8 Å². The van der Waals surface area contributed by atoms with E-state index < -0.39 is 5.97 Å². The van der Waals surface area contributed by atoms with Crippen LogP contribution in [0.25, 0.3) is 0 Å². The maximum atomic E-state index is 11.0. The van der Waals surface area contributed by atoms with Gasteiger partial charge < -0.3 is 15.3 Å². The molecule has 0 aliphatic rings. The molecule has 0 saturated heterocycles. The van der Waals surface area contributed by atoms with Gasteiger partial charge in [0.25, 0.3) is 0 Å². The van der Waals surface area contributed by atoms with E-state index in [9.17, 15) is 4.79 Å². The van der Waals surface area contributed by atoms with Crippen LogP contribution >= 0.6 is 24.8 Å². The smallest absolute Gasteiger partial charge is 0.336 e. The lowest BCUT2D eigenvalue weighted by Crippen LogP contribution is -2.21. The minimum absolute atomic E-state index is 0. The van der Waals surface area contributed by atoms with Crippen molar-refractivity contribution in [2.24, 2.45) is 0 Å². The Balaban J connectivity index is 0. The molecule has 0 spiro atoms. The summed E-state index contributed by atoms with van der Waals surface area (Å²) in [7, 11) is 4.08. The molecule has 1 rings (SSSR count). The first kappa shape index (κ1) is 20.5. The van der Waals surface area contributed by atoms with E-state index in [1.807, 2.05) is 26.2 Å². The minimum atomic E-state index is -0.865. The second-order valence-corrected chi connectivity index (χ2v) is 4.30. The van der Waals surface area contributed by atoms with Crippen LogP contribution in [0, 0.1) is 0 Å². The number of carboxylic acid groups (broad SMARTS) is 1. The van der Waals surface area contributed by atoms with E-state index in [4.69, 9.17) is 5.11 Å². The summed E-state index contributed by atoms with van der Waals surface area (Å²) in [6, 6.07) is 7.10. The third-order valence-electron chi connectivity index (χ3n) is 2.52. The van der Waals surface area contributed by atoms with Crippen LogP contribution in [0.15, 0.2) is 24.3 Å². The zero-order chi connectivity index (χ0) is 12.7. The van der Waals surface area contributed by atoms with Gasteiger partial charge in [0.2, 0.25) is 0 Å². The SMILES string of the molecule is CN(C)CCCNCc1ccccc1C(=O)O.Cl.Cl. The van der Waals surface area contributed by atoms with E-state index in [0.29, 0.717) is 12.1 Å². The highest BCUT2D eigenvalue weighted by Gasteiger charge is 2.07. The Morgan fingerprint density at radius 1 is 1.26 bits per heavy atom. The van der Waals surface area contributed by atoms with Crippen LogP contribution in [0.3, 0.4) is 0 Å². The molecule has 1 aromatic rings. The molecule has 0 atom stereocenters. The van der Waals surface area contributed by atoms with Crippen LogP contribution < -0.4 is 5.32 Å². The van der Waals surface area contributed by atoms with Crippen LogP contribution in [0.2, 0.25) is 0 Å². The molecule has 110 valence electrons. The van der Waals surface area contributed by atoms with Gasteiger partial charge in [-0.1, -0.05) is 18.2 Å². The summed E-state index contributed by atoms with van der Waals surface area (Å²) in [5.41, 5.74) is 1.22. The van der Waals surface area contributed by atoms with E-state index in [2.05, 4.69) is 10.2 Å². The zero-order valence-electron chi connectivity index (χ0n) is 11.3. The van der Waals surface area contributed by atoms with Gasteiger partial charge in [-0.3, -0.25) is 0 Å². The molecule has 2 N–H and O–H groups in total. The molecule has 0 aliphatic carbocycles. The molecule has 4 nitrogen and oxygen atoms in total. The highest BCUT2D eigenvalue weighted by atomic mass is 35.5. The number of carbonyl (C=O) groups is 1. The van der Waals surface area contributed by atoms with Crippen molar-refractivity contribution in [3.63, 3.8) is 0 Å². The number of nitrogens with zero attached hydrogens (tertiary/aromatic N) is 1. The number of hydrogen-bond donors (Lipinski definition) is 2. The Morgan fingerprint density at radius 3 is 2.47 bits per heavy atom. The van der Waals surface area contributed by atoms with E-state index in [1.54, 1.807) is 12.1 Å². The van der Waals surface area contributed by atoms with Gasteiger partial charge in [0.05, 0.1) is 5.56 Å². The van der Waals surface area contributed by atoms with Gasteiger partial charge in [-0.2, -0.15) is 0 Å². The number of aromatic carboxylic acids is 1. The van der Waals surface area contributed by atoms with Gasteiger partial charge in [0.15, 0.2) is 0 Å². The molecule has 0 aliphatic heterocycles. The second kappa shape index (κ2) is 11.1. The second-order valence-electron chi connectivity index (χ2n) is 4.30. The van der Waals surface area contributed by atoms with Crippen molar-refractivity contribution in [1.29, 1.82) is 0 Å². The zero-order valence-corrected chi connectivity index (χ0v) is 12.9. The molecular weight excluding hydrogens is 287 g/mol. The van der Waals surface area contributed by atoms with Gasteiger partial charge >= 0.3 is 5.97 Å². The monoisotopic (exact) mass is 308 g/mol. The van der Waals surface area contributed by atoms with E-state index in [1.165, 1.54) is 0 Å². The van der Waals surface area contributed by atoms with Crippen LogP contribution in [-0.4, -0.2) is 43.2 Å². The molecule has 1 aromatic carbocycles. The number of hydrogen-bond acceptors (Lipinski definition) is 3. The van der Waals surface area contributed by atoms with Crippen molar-refractivity contribution >= 4 is 30.8 Å². The molecule has 0 unspecified atom stereocenters. The first-order valence-corrected chi connectivity index (χ1v) is 5.78. The highest BCUT2D eigenvalue weighted by Crippen LogP contribution is 2.08. The Morgan fingerprint density at radius 2 is 1.89 bits per heavy atom. The molecule has 0 aromatic heterocycles. The number of carboxylic acids is 1. The number of rotatable bonds is 7. The van der Waals surface area contributed by atoms with Crippen molar-refractivity contribution in [3.8, 4) is 0 Å². The summed E-state index contributed by atoms with van der Waals surface area (Å²) >= 11 is 0. The Labute approximate surface area is 127 Å². The molecule has 0 bridgehead atoms. The summed E-state index contributed by atoms with van der Waals surface area (Å²) in [4.78, 5) is 13.1. The average molecular weight is 309 g/mol. The fraction of sp³-hybridized carbons (Fsp3) is 0.462. The molecule has 6 heteroatoms. The van der Waals surface area contributed by atoms with Gasteiger partial charge in [-0.25, -0.2) is 4.79 Å². The lowest BCUT2D eigenvalue weighted by Gasteiger charge is -2.10. The quantitative estimate of drug-likeness (QED) is 0.759. The Bertz CT molecular complexity index is 373. The number of nitrogens with one attached hydrogen (secondary N) is 1. The predicted molar refractivity (Wildman–Crippen MR) is 82.8 cm³/mol. The van der Waals surface area contributed by atoms with Crippen LogP contribution in [0.4, 0.5) is 0 Å². The highest BCUT2D eigenvalue weighted by molar-refractivity contribution is 5.89.